The first-order chi connectivity index (χ1) is 9.17. The predicted molar refractivity (Wildman–Crippen MR) is 87.6 cm³/mol. The molecule has 110 valence electrons. The second-order valence-corrected chi connectivity index (χ2v) is 7.15. The molecule has 0 unspecified atom stereocenters. The van der Waals surface area contributed by atoms with E-state index in [1.165, 1.54) is 0 Å². The highest BCUT2D eigenvalue weighted by Gasteiger charge is 2.18. The number of ether oxygens (including phenoxy) is 1. The fourth-order valence-electron chi connectivity index (χ4n) is 1.58. The summed E-state index contributed by atoms with van der Waals surface area (Å²) in [6.07, 6.45) is 0.294. The maximum atomic E-state index is 11.7. The minimum Gasteiger partial charge on any atom is -0.456 e. The van der Waals surface area contributed by atoms with Crippen LogP contribution in [-0.4, -0.2) is 18.5 Å². The number of hydrogen-bond donors (Lipinski definition) is 1. The smallest absolute Gasteiger partial charge is 0.306 e. The SMILES string of the molecule is Cc1cc(I)ccc1NC(=O)COC(=O)CC(C)(C)C. The number of nitrogens with one attached hydrogen (secondary N) is 1. The summed E-state index contributed by atoms with van der Waals surface area (Å²) in [5, 5.41) is 2.74. The van der Waals surface area contributed by atoms with Crippen molar-refractivity contribution in [1.82, 2.24) is 0 Å². The van der Waals surface area contributed by atoms with Crippen LogP contribution in [0.3, 0.4) is 0 Å². The van der Waals surface area contributed by atoms with Gasteiger partial charge in [-0.05, 0) is 58.7 Å². The molecule has 0 bridgehead atoms. The molecular formula is C15H20INO3. The third kappa shape index (κ3) is 6.36. The van der Waals surface area contributed by atoms with Crippen LogP contribution in [-0.2, 0) is 14.3 Å². The van der Waals surface area contributed by atoms with E-state index >= 15 is 0 Å². The van der Waals surface area contributed by atoms with E-state index in [-0.39, 0.29) is 23.9 Å². The van der Waals surface area contributed by atoms with Crippen molar-refractivity contribution in [1.29, 1.82) is 0 Å². The van der Waals surface area contributed by atoms with E-state index in [9.17, 15) is 9.59 Å². The van der Waals surface area contributed by atoms with Crippen LogP contribution in [0.15, 0.2) is 18.2 Å². The number of halogens is 1. The van der Waals surface area contributed by atoms with Gasteiger partial charge < -0.3 is 10.1 Å². The normalized spacial score (nSPS) is 11.1. The zero-order valence-electron chi connectivity index (χ0n) is 12.2. The molecule has 1 N–H and O–H groups in total. The van der Waals surface area contributed by atoms with Crippen LogP contribution in [0.1, 0.15) is 32.8 Å². The lowest BCUT2D eigenvalue weighted by molar-refractivity contribution is -0.149. The van der Waals surface area contributed by atoms with Crippen LogP contribution in [0.2, 0.25) is 0 Å². The summed E-state index contributed by atoms with van der Waals surface area (Å²) >= 11 is 2.21. The molecule has 0 radical (unpaired) electrons. The van der Waals surface area contributed by atoms with E-state index in [1.54, 1.807) is 0 Å². The number of aryl methyl sites for hydroxylation is 1. The molecule has 0 saturated carbocycles. The third-order valence-electron chi connectivity index (χ3n) is 2.50. The highest BCUT2D eigenvalue weighted by molar-refractivity contribution is 14.1. The van der Waals surface area contributed by atoms with Crippen molar-refractivity contribution < 1.29 is 14.3 Å². The lowest BCUT2D eigenvalue weighted by Gasteiger charge is -2.16. The first-order valence-electron chi connectivity index (χ1n) is 6.39. The molecule has 0 spiro atoms. The number of amides is 1. The maximum Gasteiger partial charge on any atom is 0.306 e. The van der Waals surface area contributed by atoms with Crippen molar-refractivity contribution in [2.24, 2.45) is 5.41 Å². The van der Waals surface area contributed by atoms with Crippen LogP contribution in [0.25, 0.3) is 0 Å². The zero-order valence-corrected chi connectivity index (χ0v) is 14.4. The quantitative estimate of drug-likeness (QED) is 0.634. The minimum absolute atomic E-state index is 0.139. The molecule has 1 aromatic rings. The maximum absolute atomic E-state index is 11.7. The van der Waals surface area contributed by atoms with Crippen molar-refractivity contribution in [2.45, 2.75) is 34.1 Å². The van der Waals surface area contributed by atoms with Crippen LogP contribution in [0, 0.1) is 15.9 Å². The standard InChI is InChI=1S/C15H20INO3/c1-10-7-11(16)5-6-12(10)17-13(18)9-20-14(19)8-15(2,3)4/h5-7H,8-9H2,1-4H3,(H,17,18). The van der Waals surface area contributed by atoms with Gasteiger partial charge in [0.15, 0.2) is 6.61 Å². The van der Waals surface area contributed by atoms with E-state index in [2.05, 4.69) is 27.9 Å². The van der Waals surface area contributed by atoms with E-state index in [4.69, 9.17) is 4.74 Å². The Morgan fingerprint density at radius 3 is 2.50 bits per heavy atom. The molecule has 0 aliphatic rings. The number of hydrogen-bond acceptors (Lipinski definition) is 3. The van der Waals surface area contributed by atoms with Gasteiger partial charge in [0.1, 0.15) is 0 Å². The Morgan fingerprint density at radius 2 is 1.95 bits per heavy atom. The first kappa shape index (κ1) is 16.9. The fraction of sp³-hybridized carbons (Fsp3) is 0.467. The summed E-state index contributed by atoms with van der Waals surface area (Å²) in [6, 6.07) is 5.72. The minimum atomic E-state index is -0.355. The predicted octanol–water partition coefficient (Wildman–Crippen LogP) is 3.52. The van der Waals surface area contributed by atoms with Crippen molar-refractivity contribution in [3.63, 3.8) is 0 Å². The number of benzene rings is 1. The second kappa shape index (κ2) is 7.06. The summed E-state index contributed by atoms with van der Waals surface area (Å²) in [4.78, 5) is 23.3. The van der Waals surface area contributed by atoms with Gasteiger partial charge in [-0.15, -0.1) is 0 Å². The monoisotopic (exact) mass is 389 g/mol. The largest absolute Gasteiger partial charge is 0.456 e. The van der Waals surface area contributed by atoms with Gasteiger partial charge >= 0.3 is 5.97 Å². The van der Waals surface area contributed by atoms with Crippen LogP contribution in [0.4, 0.5) is 5.69 Å². The summed E-state index contributed by atoms with van der Waals surface area (Å²) in [5.41, 5.74) is 1.58. The molecule has 0 aliphatic carbocycles. The van der Waals surface area contributed by atoms with Crippen molar-refractivity contribution in [3.8, 4) is 0 Å². The number of carbonyl (C=O) groups is 2. The van der Waals surface area contributed by atoms with Crippen molar-refractivity contribution in [3.05, 3.63) is 27.3 Å². The molecule has 0 aromatic heterocycles. The fourth-order valence-corrected chi connectivity index (χ4v) is 2.23. The number of esters is 1. The molecule has 0 aliphatic heterocycles. The summed E-state index contributed by atoms with van der Waals surface area (Å²) < 4.78 is 6.07. The Bertz CT molecular complexity index is 506. The molecule has 0 atom stereocenters. The number of rotatable bonds is 4. The Hall–Kier alpha value is -1.11. The molecule has 0 heterocycles. The average molecular weight is 389 g/mol. The molecule has 20 heavy (non-hydrogen) atoms. The lowest BCUT2D eigenvalue weighted by atomic mass is 9.92. The molecule has 1 aromatic carbocycles. The van der Waals surface area contributed by atoms with Crippen molar-refractivity contribution >= 4 is 40.2 Å². The van der Waals surface area contributed by atoms with E-state index < -0.39 is 0 Å². The highest BCUT2D eigenvalue weighted by atomic mass is 127. The average Bonchev–Trinajstić information content (AvgIpc) is 2.28. The second-order valence-electron chi connectivity index (χ2n) is 5.91. The van der Waals surface area contributed by atoms with E-state index in [0.717, 1.165) is 14.8 Å². The highest BCUT2D eigenvalue weighted by Crippen LogP contribution is 2.19. The van der Waals surface area contributed by atoms with E-state index in [0.29, 0.717) is 6.42 Å². The summed E-state index contributed by atoms with van der Waals surface area (Å²) in [5.74, 6) is -0.677. The molecule has 5 heteroatoms. The Kier molecular flexibility index (Phi) is 5.98. The van der Waals surface area contributed by atoms with Gasteiger partial charge in [0, 0.05) is 9.26 Å². The van der Waals surface area contributed by atoms with Gasteiger partial charge in [-0.3, -0.25) is 9.59 Å². The van der Waals surface area contributed by atoms with Gasteiger partial charge in [0.2, 0.25) is 0 Å². The van der Waals surface area contributed by atoms with Gasteiger partial charge in [0.05, 0.1) is 6.42 Å². The lowest BCUT2D eigenvalue weighted by Crippen LogP contribution is -2.23. The molecular weight excluding hydrogens is 369 g/mol. The number of anilines is 1. The first-order valence-corrected chi connectivity index (χ1v) is 7.47. The van der Waals surface area contributed by atoms with Crippen molar-refractivity contribution in [2.75, 3.05) is 11.9 Å². The van der Waals surface area contributed by atoms with Gasteiger partial charge in [0.25, 0.3) is 5.91 Å². The Balaban J connectivity index is 2.46. The molecule has 0 saturated heterocycles. The summed E-state index contributed by atoms with van der Waals surface area (Å²) in [6.45, 7) is 7.51. The Labute approximate surface area is 133 Å². The molecule has 0 fully saturated rings. The van der Waals surface area contributed by atoms with Crippen LogP contribution >= 0.6 is 22.6 Å². The molecule has 4 nitrogen and oxygen atoms in total. The van der Waals surface area contributed by atoms with Gasteiger partial charge in [-0.25, -0.2) is 0 Å². The molecule has 1 amide bonds. The van der Waals surface area contributed by atoms with Crippen LogP contribution < -0.4 is 5.32 Å². The third-order valence-corrected chi connectivity index (χ3v) is 3.17. The van der Waals surface area contributed by atoms with Gasteiger partial charge in [-0.2, -0.15) is 0 Å². The molecule has 1 rings (SSSR count). The Morgan fingerprint density at radius 1 is 1.30 bits per heavy atom. The van der Waals surface area contributed by atoms with E-state index in [1.807, 2.05) is 45.9 Å². The van der Waals surface area contributed by atoms with Crippen LogP contribution in [0.5, 0.6) is 0 Å². The number of carbonyl (C=O) groups excluding carboxylic acids is 2. The topological polar surface area (TPSA) is 55.4 Å². The van der Waals surface area contributed by atoms with Gasteiger partial charge in [-0.1, -0.05) is 20.8 Å². The summed E-state index contributed by atoms with van der Waals surface area (Å²) in [7, 11) is 0. The zero-order chi connectivity index (χ0) is 15.3.